The van der Waals surface area contributed by atoms with Crippen LogP contribution in [0.15, 0.2) is 78.9 Å². The van der Waals surface area contributed by atoms with E-state index in [1.54, 1.807) is 55.5 Å². The molecule has 0 radical (unpaired) electrons. The van der Waals surface area contributed by atoms with Gasteiger partial charge in [0.15, 0.2) is 6.10 Å². The number of carbonyl (C=O) groups is 2. The highest BCUT2D eigenvalue weighted by Gasteiger charge is 2.29. The van der Waals surface area contributed by atoms with E-state index in [1.807, 2.05) is 37.3 Å². The van der Waals surface area contributed by atoms with Crippen molar-refractivity contribution in [1.29, 1.82) is 0 Å². The fourth-order valence-electron chi connectivity index (χ4n) is 2.98. The van der Waals surface area contributed by atoms with Crippen LogP contribution in [0.25, 0.3) is 0 Å². The smallest absolute Gasteiger partial charge is 0.348 e. The molecule has 0 unspecified atom stereocenters. The second-order valence-electron chi connectivity index (χ2n) is 6.99. The second-order valence-corrected chi connectivity index (χ2v) is 6.99. The lowest BCUT2D eigenvalue weighted by Crippen LogP contribution is -2.32. The summed E-state index contributed by atoms with van der Waals surface area (Å²) in [6.07, 6.45) is -2.05. The topological polar surface area (TPSA) is 73.9 Å². The van der Waals surface area contributed by atoms with E-state index in [1.165, 1.54) is 7.11 Å². The zero-order valence-corrected chi connectivity index (χ0v) is 17.7. The summed E-state index contributed by atoms with van der Waals surface area (Å²) in [7, 11) is 1.53. The van der Waals surface area contributed by atoms with Gasteiger partial charge in [0.05, 0.1) is 12.8 Å². The Balaban J connectivity index is 1.79. The third kappa shape index (κ3) is 5.85. The van der Waals surface area contributed by atoms with Crippen LogP contribution in [-0.2, 0) is 14.3 Å². The number of aryl methyl sites for hydroxylation is 1. The number of carbonyl (C=O) groups excluding carboxylic acids is 2. The number of hydrogen-bond donors (Lipinski definition) is 1. The number of anilines is 1. The number of benzene rings is 3. The minimum atomic E-state index is -1.15. The van der Waals surface area contributed by atoms with Gasteiger partial charge in [0.2, 0.25) is 6.10 Å². The molecular formula is C25H25NO5. The first-order valence-corrected chi connectivity index (χ1v) is 9.90. The fraction of sp³-hybridized carbons (Fsp3) is 0.200. The number of esters is 1. The van der Waals surface area contributed by atoms with Gasteiger partial charge < -0.3 is 19.5 Å². The number of methoxy groups -OCH3 is 1. The lowest BCUT2D eigenvalue weighted by atomic mass is 10.1. The number of nitrogens with one attached hydrogen (secondary N) is 1. The van der Waals surface area contributed by atoms with Crippen molar-refractivity contribution in [3.05, 3.63) is 90.0 Å². The molecule has 0 saturated heterocycles. The molecule has 1 amide bonds. The van der Waals surface area contributed by atoms with Gasteiger partial charge in [-0.25, -0.2) is 4.79 Å². The van der Waals surface area contributed by atoms with Crippen molar-refractivity contribution in [3.8, 4) is 11.5 Å². The molecule has 3 rings (SSSR count). The Morgan fingerprint density at radius 1 is 0.903 bits per heavy atom. The van der Waals surface area contributed by atoms with Gasteiger partial charge in [0.1, 0.15) is 11.5 Å². The second kappa shape index (κ2) is 10.3. The Kier molecular flexibility index (Phi) is 7.27. The summed E-state index contributed by atoms with van der Waals surface area (Å²) in [5.74, 6) is -0.0885. The lowest BCUT2D eigenvalue weighted by Gasteiger charge is -2.21. The van der Waals surface area contributed by atoms with E-state index in [0.717, 1.165) is 5.56 Å². The van der Waals surface area contributed by atoms with E-state index < -0.39 is 24.1 Å². The van der Waals surface area contributed by atoms with Crippen molar-refractivity contribution in [1.82, 2.24) is 0 Å². The maximum atomic E-state index is 13.1. The molecule has 3 aromatic carbocycles. The highest BCUT2D eigenvalue weighted by atomic mass is 16.6. The molecule has 0 aliphatic rings. The minimum absolute atomic E-state index is 0.490. The van der Waals surface area contributed by atoms with Crippen LogP contribution in [0, 0.1) is 6.92 Å². The van der Waals surface area contributed by atoms with E-state index in [9.17, 15) is 9.59 Å². The molecule has 0 heterocycles. The van der Waals surface area contributed by atoms with Gasteiger partial charge in [-0.15, -0.1) is 0 Å². The number of para-hydroxylation sites is 1. The van der Waals surface area contributed by atoms with Gasteiger partial charge in [-0.05, 0) is 43.7 Å². The van der Waals surface area contributed by atoms with Crippen molar-refractivity contribution in [2.24, 2.45) is 0 Å². The standard InChI is InChI=1S/C25H25NO5/c1-17-14-15-22(29-3)21(16-17)26-24(27)23(19-10-6-4-7-11-19)31-25(28)18(2)30-20-12-8-5-9-13-20/h4-16,18,23H,1-3H3,(H,26,27)/t18-,23+/m0/s1. The summed E-state index contributed by atoms with van der Waals surface area (Å²) in [4.78, 5) is 25.8. The number of hydrogen-bond acceptors (Lipinski definition) is 5. The van der Waals surface area contributed by atoms with Crippen molar-refractivity contribution in [2.45, 2.75) is 26.1 Å². The largest absolute Gasteiger partial charge is 0.495 e. The van der Waals surface area contributed by atoms with E-state index >= 15 is 0 Å². The van der Waals surface area contributed by atoms with E-state index in [-0.39, 0.29) is 0 Å². The molecule has 0 fully saturated rings. The summed E-state index contributed by atoms with van der Waals surface area (Å²) in [6, 6.07) is 23.2. The number of rotatable bonds is 8. The first-order chi connectivity index (χ1) is 15.0. The van der Waals surface area contributed by atoms with Crippen LogP contribution in [0.3, 0.4) is 0 Å². The quantitative estimate of drug-likeness (QED) is 0.536. The summed E-state index contributed by atoms with van der Waals surface area (Å²) in [5, 5.41) is 2.81. The Labute approximate surface area is 181 Å². The van der Waals surface area contributed by atoms with Crippen LogP contribution in [0.5, 0.6) is 11.5 Å². The number of amides is 1. The first kappa shape index (κ1) is 21.9. The molecule has 0 aliphatic carbocycles. The molecule has 0 bridgehead atoms. The van der Waals surface area contributed by atoms with Gasteiger partial charge in [0, 0.05) is 5.56 Å². The molecule has 160 valence electrons. The van der Waals surface area contributed by atoms with Crippen LogP contribution in [0.1, 0.15) is 24.2 Å². The molecule has 6 nitrogen and oxygen atoms in total. The average molecular weight is 419 g/mol. The summed E-state index contributed by atoms with van der Waals surface area (Å²) >= 11 is 0. The Morgan fingerprint density at radius 2 is 1.55 bits per heavy atom. The summed E-state index contributed by atoms with van der Waals surface area (Å²) < 4.78 is 16.6. The SMILES string of the molecule is COc1ccc(C)cc1NC(=O)[C@H](OC(=O)[C@H](C)Oc1ccccc1)c1ccccc1. The number of ether oxygens (including phenoxy) is 3. The molecule has 1 N–H and O–H groups in total. The molecule has 0 aliphatic heterocycles. The molecule has 0 spiro atoms. The van der Waals surface area contributed by atoms with Crippen LogP contribution < -0.4 is 14.8 Å². The fourth-order valence-corrected chi connectivity index (χ4v) is 2.98. The average Bonchev–Trinajstić information content (AvgIpc) is 2.78. The van der Waals surface area contributed by atoms with Crippen molar-refractivity contribution >= 4 is 17.6 Å². The molecule has 0 aromatic heterocycles. The minimum Gasteiger partial charge on any atom is -0.495 e. The van der Waals surface area contributed by atoms with Crippen LogP contribution >= 0.6 is 0 Å². The molecule has 2 atom stereocenters. The molecule has 3 aromatic rings. The van der Waals surface area contributed by atoms with Crippen molar-refractivity contribution in [3.63, 3.8) is 0 Å². The van der Waals surface area contributed by atoms with Gasteiger partial charge in [-0.1, -0.05) is 54.6 Å². The van der Waals surface area contributed by atoms with Crippen LogP contribution in [-0.4, -0.2) is 25.1 Å². The van der Waals surface area contributed by atoms with Crippen molar-refractivity contribution < 1.29 is 23.8 Å². The first-order valence-electron chi connectivity index (χ1n) is 9.90. The van der Waals surface area contributed by atoms with Crippen LogP contribution in [0.4, 0.5) is 5.69 Å². The maximum Gasteiger partial charge on any atom is 0.348 e. The van der Waals surface area contributed by atoms with Gasteiger partial charge in [-0.3, -0.25) is 4.79 Å². The van der Waals surface area contributed by atoms with E-state index in [0.29, 0.717) is 22.7 Å². The van der Waals surface area contributed by atoms with Gasteiger partial charge >= 0.3 is 5.97 Å². The Morgan fingerprint density at radius 3 is 2.19 bits per heavy atom. The Bertz CT molecular complexity index is 1020. The Hall–Kier alpha value is -3.80. The van der Waals surface area contributed by atoms with E-state index in [2.05, 4.69) is 5.32 Å². The van der Waals surface area contributed by atoms with Crippen LogP contribution in [0.2, 0.25) is 0 Å². The molecule has 0 saturated carbocycles. The molecule has 31 heavy (non-hydrogen) atoms. The normalized spacial score (nSPS) is 12.4. The zero-order chi connectivity index (χ0) is 22.2. The maximum absolute atomic E-state index is 13.1. The van der Waals surface area contributed by atoms with E-state index in [4.69, 9.17) is 14.2 Å². The summed E-state index contributed by atoms with van der Waals surface area (Å²) in [6.45, 7) is 3.49. The zero-order valence-electron chi connectivity index (χ0n) is 17.7. The monoisotopic (exact) mass is 419 g/mol. The predicted molar refractivity (Wildman–Crippen MR) is 118 cm³/mol. The molecular weight excluding hydrogens is 394 g/mol. The van der Waals surface area contributed by atoms with Gasteiger partial charge in [0.25, 0.3) is 5.91 Å². The third-order valence-corrected chi connectivity index (χ3v) is 4.58. The van der Waals surface area contributed by atoms with Gasteiger partial charge in [-0.2, -0.15) is 0 Å². The molecule has 6 heteroatoms. The highest BCUT2D eigenvalue weighted by molar-refractivity contribution is 5.97. The summed E-state index contributed by atoms with van der Waals surface area (Å²) in [5.41, 5.74) is 2.00. The third-order valence-electron chi connectivity index (χ3n) is 4.58. The predicted octanol–water partition coefficient (Wildman–Crippen LogP) is 4.69. The van der Waals surface area contributed by atoms with Crippen molar-refractivity contribution in [2.75, 3.05) is 12.4 Å². The lowest BCUT2D eigenvalue weighted by molar-refractivity contribution is -0.161. The highest BCUT2D eigenvalue weighted by Crippen LogP contribution is 2.28.